The third kappa shape index (κ3) is 4.32. The topological polar surface area (TPSA) is 70.7 Å². The van der Waals surface area contributed by atoms with Crippen molar-refractivity contribution in [3.63, 3.8) is 0 Å². The Morgan fingerprint density at radius 1 is 1.07 bits per heavy atom. The molecule has 0 saturated carbocycles. The smallest absolute Gasteiger partial charge is 0.319 e. The summed E-state index contributed by atoms with van der Waals surface area (Å²) in [5.74, 6) is 1.25. The van der Waals surface area contributed by atoms with Crippen molar-refractivity contribution in [3.8, 4) is 5.75 Å². The molecule has 0 spiro atoms. The molecule has 6 heteroatoms. The molecule has 2 aromatic carbocycles. The molecule has 0 saturated heterocycles. The molecule has 156 valence electrons. The second-order valence-electron chi connectivity index (χ2n) is 8.18. The lowest BCUT2D eigenvalue weighted by Crippen LogP contribution is -2.44. The predicted octanol–water partition coefficient (Wildman–Crippen LogP) is 3.76. The van der Waals surface area contributed by atoms with Gasteiger partial charge in [-0.15, -0.1) is 0 Å². The van der Waals surface area contributed by atoms with Crippen LogP contribution in [0, 0.1) is 5.92 Å². The van der Waals surface area contributed by atoms with E-state index in [-0.39, 0.29) is 11.9 Å². The van der Waals surface area contributed by atoms with Crippen LogP contribution in [0.25, 0.3) is 0 Å². The zero-order valence-electron chi connectivity index (χ0n) is 17.4. The Morgan fingerprint density at radius 3 is 2.50 bits per heavy atom. The standard InChI is InChI=1S/C24H27N3O3/c1-16(2)12-13-27-14-20-21(23(27)28)22(26-24(29)25-20)18-8-10-19(11-9-18)30-15-17-6-4-3-5-7-17/h3-11,16,22H,12-15H2,1-2H3,(H2,25,26,29)/t22-/m1/s1. The zero-order chi connectivity index (χ0) is 21.1. The molecule has 1 atom stereocenters. The monoisotopic (exact) mass is 405 g/mol. The first-order chi connectivity index (χ1) is 14.5. The summed E-state index contributed by atoms with van der Waals surface area (Å²) >= 11 is 0. The summed E-state index contributed by atoms with van der Waals surface area (Å²) in [6.45, 7) is 5.92. The molecule has 6 nitrogen and oxygen atoms in total. The second kappa shape index (κ2) is 8.61. The Balaban J connectivity index is 1.47. The quantitative estimate of drug-likeness (QED) is 0.737. The number of carbonyl (C=O) groups is 2. The lowest BCUT2D eigenvalue weighted by molar-refractivity contribution is -0.125. The summed E-state index contributed by atoms with van der Waals surface area (Å²) in [5.41, 5.74) is 3.31. The van der Waals surface area contributed by atoms with E-state index in [1.807, 2.05) is 59.5 Å². The van der Waals surface area contributed by atoms with Crippen molar-refractivity contribution in [3.05, 3.63) is 77.0 Å². The summed E-state index contributed by atoms with van der Waals surface area (Å²) in [4.78, 5) is 27.0. The second-order valence-corrected chi connectivity index (χ2v) is 8.18. The molecular formula is C24H27N3O3. The highest BCUT2D eigenvalue weighted by Gasteiger charge is 2.40. The minimum Gasteiger partial charge on any atom is -0.489 e. The first-order valence-electron chi connectivity index (χ1n) is 10.4. The van der Waals surface area contributed by atoms with Crippen molar-refractivity contribution in [1.29, 1.82) is 0 Å². The predicted molar refractivity (Wildman–Crippen MR) is 115 cm³/mol. The van der Waals surface area contributed by atoms with Gasteiger partial charge in [0, 0.05) is 6.54 Å². The Kier molecular flexibility index (Phi) is 5.74. The third-order valence-electron chi connectivity index (χ3n) is 5.46. The maximum atomic E-state index is 13.0. The van der Waals surface area contributed by atoms with E-state index in [4.69, 9.17) is 4.74 Å². The number of nitrogens with zero attached hydrogens (tertiary/aromatic N) is 1. The maximum absolute atomic E-state index is 13.0. The summed E-state index contributed by atoms with van der Waals surface area (Å²) in [6, 6.07) is 16.8. The van der Waals surface area contributed by atoms with Crippen molar-refractivity contribution >= 4 is 11.9 Å². The fourth-order valence-corrected chi connectivity index (χ4v) is 3.77. The SMILES string of the molecule is CC(C)CCN1CC2=C(C1=O)[C@@H](c1ccc(OCc3ccccc3)cc1)NC(=O)N2. The van der Waals surface area contributed by atoms with Crippen LogP contribution in [0.2, 0.25) is 0 Å². The molecule has 2 aliphatic rings. The molecule has 0 aliphatic carbocycles. The van der Waals surface area contributed by atoms with E-state index in [0.717, 1.165) is 23.3 Å². The number of amides is 3. The van der Waals surface area contributed by atoms with Crippen molar-refractivity contribution < 1.29 is 14.3 Å². The molecule has 2 N–H and O–H groups in total. The molecular weight excluding hydrogens is 378 g/mol. The fraction of sp³-hybridized carbons (Fsp3) is 0.333. The van der Waals surface area contributed by atoms with Crippen LogP contribution in [0.5, 0.6) is 5.75 Å². The third-order valence-corrected chi connectivity index (χ3v) is 5.46. The van der Waals surface area contributed by atoms with E-state index in [9.17, 15) is 9.59 Å². The van der Waals surface area contributed by atoms with Crippen LogP contribution in [0.1, 0.15) is 37.4 Å². The first-order valence-corrected chi connectivity index (χ1v) is 10.4. The number of hydrogen-bond acceptors (Lipinski definition) is 3. The van der Waals surface area contributed by atoms with Gasteiger partial charge in [0.15, 0.2) is 0 Å². The lowest BCUT2D eigenvalue weighted by Gasteiger charge is -2.25. The Labute approximate surface area is 176 Å². The zero-order valence-corrected chi connectivity index (χ0v) is 17.4. The van der Waals surface area contributed by atoms with Gasteiger partial charge >= 0.3 is 6.03 Å². The molecule has 2 aliphatic heterocycles. The van der Waals surface area contributed by atoms with Crippen LogP contribution < -0.4 is 15.4 Å². The summed E-state index contributed by atoms with van der Waals surface area (Å²) < 4.78 is 5.85. The summed E-state index contributed by atoms with van der Waals surface area (Å²) in [5, 5.41) is 5.72. The summed E-state index contributed by atoms with van der Waals surface area (Å²) in [7, 11) is 0. The van der Waals surface area contributed by atoms with Gasteiger partial charge in [0.25, 0.3) is 5.91 Å². The number of urea groups is 1. The van der Waals surface area contributed by atoms with Crippen molar-refractivity contribution in [1.82, 2.24) is 15.5 Å². The van der Waals surface area contributed by atoms with Gasteiger partial charge in [0.2, 0.25) is 0 Å². The van der Waals surface area contributed by atoms with Crippen LogP contribution in [0.4, 0.5) is 4.79 Å². The van der Waals surface area contributed by atoms with E-state index < -0.39 is 6.04 Å². The average Bonchev–Trinajstić information content (AvgIpc) is 3.06. The van der Waals surface area contributed by atoms with E-state index in [1.54, 1.807) is 0 Å². The van der Waals surface area contributed by atoms with E-state index in [2.05, 4.69) is 24.5 Å². The normalized spacial score (nSPS) is 18.4. The molecule has 4 rings (SSSR count). The molecule has 2 heterocycles. The van der Waals surface area contributed by atoms with Crippen molar-refractivity contribution in [2.75, 3.05) is 13.1 Å². The minimum absolute atomic E-state index is 0.00689. The largest absolute Gasteiger partial charge is 0.489 e. The highest BCUT2D eigenvalue weighted by Crippen LogP contribution is 2.33. The number of ether oxygens (including phenoxy) is 1. The molecule has 2 aromatic rings. The van der Waals surface area contributed by atoms with Crippen LogP contribution in [-0.4, -0.2) is 29.9 Å². The Hall–Kier alpha value is -3.28. The number of rotatable bonds is 7. The van der Waals surface area contributed by atoms with Crippen LogP contribution in [0.15, 0.2) is 65.9 Å². The van der Waals surface area contributed by atoms with Crippen LogP contribution in [-0.2, 0) is 11.4 Å². The van der Waals surface area contributed by atoms with Gasteiger partial charge < -0.3 is 20.3 Å². The van der Waals surface area contributed by atoms with Gasteiger partial charge in [-0.05, 0) is 35.6 Å². The molecule has 30 heavy (non-hydrogen) atoms. The molecule has 0 fully saturated rings. The molecule has 0 unspecified atom stereocenters. The molecule has 3 amide bonds. The first kappa shape index (κ1) is 20.0. The van der Waals surface area contributed by atoms with Crippen molar-refractivity contribution in [2.45, 2.75) is 32.9 Å². The number of benzene rings is 2. The van der Waals surface area contributed by atoms with Crippen LogP contribution >= 0.6 is 0 Å². The fourth-order valence-electron chi connectivity index (χ4n) is 3.77. The van der Waals surface area contributed by atoms with Crippen molar-refractivity contribution in [2.24, 2.45) is 5.92 Å². The van der Waals surface area contributed by atoms with Gasteiger partial charge in [-0.25, -0.2) is 4.79 Å². The molecule has 0 radical (unpaired) electrons. The minimum atomic E-state index is -0.450. The number of hydrogen-bond donors (Lipinski definition) is 2. The molecule has 0 aromatic heterocycles. The average molecular weight is 405 g/mol. The Morgan fingerprint density at radius 2 is 1.80 bits per heavy atom. The van der Waals surface area contributed by atoms with E-state index >= 15 is 0 Å². The van der Waals surface area contributed by atoms with Gasteiger partial charge in [0.05, 0.1) is 23.9 Å². The van der Waals surface area contributed by atoms with Gasteiger partial charge in [-0.3, -0.25) is 4.79 Å². The van der Waals surface area contributed by atoms with Gasteiger partial charge in [-0.2, -0.15) is 0 Å². The number of carbonyl (C=O) groups excluding carboxylic acids is 2. The number of nitrogens with one attached hydrogen (secondary N) is 2. The lowest BCUT2D eigenvalue weighted by atomic mass is 9.96. The van der Waals surface area contributed by atoms with E-state index in [1.165, 1.54) is 0 Å². The molecule has 0 bridgehead atoms. The van der Waals surface area contributed by atoms with Crippen LogP contribution in [0.3, 0.4) is 0 Å². The van der Waals surface area contributed by atoms with Gasteiger partial charge in [-0.1, -0.05) is 56.3 Å². The van der Waals surface area contributed by atoms with Gasteiger partial charge in [0.1, 0.15) is 12.4 Å². The highest BCUT2D eigenvalue weighted by atomic mass is 16.5. The Bertz CT molecular complexity index is 951. The van der Waals surface area contributed by atoms with E-state index in [0.29, 0.717) is 36.9 Å². The highest BCUT2D eigenvalue weighted by molar-refractivity contribution is 6.01. The summed E-state index contributed by atoms with van der Waals surface area (Å²) in [6.07, 6.45) is 0.936. The maximum Gasteiger partial charge on any atom is 0.319 e.